The van der Waals surface area contributed by atoms with Crippen molar-refractivity contribution in [2.45, 2.75) is 32.9 Å². The number of esters is 1. The summed E-state index contributed by atoms with van der Waals surface area (Å²) in [6.07, 6.45) is 0. The van der Waals surface area contributed by atoms with E-state index in [1.54, 1.807) is 26.8 Å². The minimum absolute atomic E-state index is 0.0773. The second kappa shape index (κ2) is 6.75. The highest BCUT2D eigenvalue weighted by Gasteiger charge is 2.55. The third-order valence-corrected chi connectivity index (χ3v) is 4.61. The molecule has 6 nitrogen and oxygen atoms in total. The summed E-state index contributed by atoms with van der Waals surface area (Å²) in [5.74, 6) is -0.896. The van der Waals surface area contributed by atoms with E-state index in [-0.39, 0.29) is 19.8 Å². The van der Waals surface area contributed by atoms with Gasteiger partial charge in [-0.05, 0) is 27.7 Å². The maximum Gasteiger partial charge on any atom is 0.361 e. The fraction of sp³-hybridized carbons (Fsp3) is 0.800. The van der Waals surface area contributed by atoms with Gasteiger partial charge in [0, 0.05) is 0 Å². The molecule has 1 atom stereocenters. The van der Waals surface area contributed by atoms with Gasteiger partial charge in [-0.15, -0.1) is 0 Å². The molecular weight excluding hydrogens is 245 g/mol. The lowest BCUT2D eigenvalue weighted by Crippen LogP contribution is -2.37. The zero-order valence-corrected chi connectivity index (χ0v) is 11.5. The van der Waals surface area contributed by atoms with Crippen LogP contribution in [0.3, 0.4) is 0 Å². The van der Waals surface area contributed by atoms with Crippen LogP contribution in [-0.2, 0) is 23.1 Å². The van der Waals surface area contributed by atoms with Crippen molar-refractivity contribution >= 4 is 13.6 Å². The molecule has 0 N–H and O–H groups in total. The molecule has 0 aliphatic carbocycles. The van der Waals surface area contributed by atoms with Gasteiger partial charge in [-0.1, -0.05) is 0 Å². The van der Waals surface area contributed by atoms with Crippen LogP contribution >= 0.6 is 7.60 Å². The number of ether oxygens (including phenoxy) is 1. The van der Waals surface area contributed by atoms with Crippen molar-refractivity contribution < 1.29 is 23.1 Å². The highest BCUT2D eigenvalue weighted by Crippen LogP contribution is 2.60. The number of hydrogen-bond acceptors (Lipinski definition) is 6. The first-order chi connectivity index (χ1) is 7.91. The van der Waals surface area contributed by atoms with Crippen LogP contribution in [0.5, 0.6) is 0 Å². The zero-order chi connectivity index (χ0) is 13.5. The predicted octanol–water partition coefficient (Wildman–Crippen LogP) is 2.10. The molecule has 0 amide bonds. The third-order valence-electron chi connectivity index (χ3n) is 2.04. The predicted molar refractivity (Wildman–Crippen MR) is 61.5 cm³/mol. The molecule has 98 valence electrons. The van der Waals surface area contributed by atoms with Crippen LogP contribution in [-0.4, -0.2) is 30.9 Å². The molecule has 0 rings (SSSR count). The third kappa shape index (κ3) is 3.29. The molecular formula is C10H18NO5P. The summed E-state index contributed by atoms with van der Waals surface area (Å²) < 4.78 is 27.2. The molecule has 0 saturated carbocycles. The Morgan fingerprint density at radius 3 is 2.00 bits per heavy atom. The van der Waals surface area contributed by atoms with Gasteiger partial charge in [0.2, 0.25) is 0 Å². The molecule has 17 heavy (non-hydrogen) atoms. The van der Waals surface area contributed by atoms with Crippen molar-refractivity contribution in [1.82, 2.24) is 0 Å². The molecule has 0 aromatic heterocycles. The Hall–Kier alpha value is -0.890. The van der Waals surface area contributed by atoms with Crippen LogP contribution in [0.1, 0.15) is 27.7 Å². The number of carbonyl (C=O) groups excluding carboxylic acids is 1. The van der Waals surface area contributed by atoms with Gasteiger partial charge in [0.15, 0.2) is 0 Å². The van der Waals surface area contributed by atoms with Crippen molar-refractivity contribution in [3.05, 3.63) is 0 Å². The normalized spacial score (nSPS) is 14.8. The van der Waals surface area contributed by atoms with E-state index in [9.17, 15) is 9.36 Å². The molecule has 0 bridgehead atoms. The Bertz CT molecular complexity index is 341. The number of hydrogen-bond donors (Lipinski definition) is 0. The van der Waals surface area contributed by atoms with Gasteiger partial charge in [0.25, 0.3) is 5.16 Å². The van der Waals surface area contributed by atoms with Crippen LogP contribution in [0.25, 0.3) is 0 Å². The van der Waals surface area contributed by atoms with E-state index in [4.69, 9.17) is 19.0 Å². The van der Waals surface area contributed by atoms with E-state index in [2.05, 4.69) is 0 Å². The van der Waals surface area contributed by atoms with E-state index in [0.29, 0.717) is 0 Å². The average molecular weight is 263 g/mol. The molecule has 0 aromatic carbocycles. The van der Waals surface area contributed by atoms with Crippen molar-refractivity contribution in [3.63, 3.8) is 0 Å². The molecule has 0 aliphatic rings. The lowest BCUT2D eigenvalue weighted by atomic mass is 10.2. The second-order valence-corrected chi connectivity index (χ2v) is 5.64. The maximum atomic E-state index is 12.4. The maximum absolute atomic E-state index is 12.4. The SMILES string of the molecule is CCOC(=O)C(C)(C#N)P(=O)(OCC)OCC. The van der Waals surface area contributed by atoms with E-state index < -0.39 is 18.7 Å². The largest absolute Gasteiger partial charge is 0.464 e. The number of carbonyl (C=O) groups is 1. The Morgan fingerprint density at radius 1 is 1.24 bits per heavy atom. The molecule has 0 aliphatic heterocycles. The highest BCUT2D eigenvalue weighted by atomic mass is 31.2. The van der Waals surface area contributed by atoms with Crippen LogP contribution in [0.2, 0.25) is 0 Å². The summed E-state index contributed by atoms with van der Waals surface area (Å²) in [5, 5.41) is 7.15. The first-order valence-corrected chi connectivity index (χ1v) is 6.93. The minimum Gasteiger partial charge on any atom is -0.464 e. The first kappa shape index (κ1) is 16.1. The van der Waals surface area contributed by atoms with Crippen LogP contribution in [0.15, 0.2) is 0 Å². The van der Waals surface area contributed by atoms with Crippen molar-refractivity contribution in [1.29, 1.82) is 5.26 Å². The summed E-state index contributed by atoms with van der Waals surface area (Å²) in [7, 11) is -3.86. The van der Waals surface area contributed by atoms with Gasteiger partial charge in [0.1, 0.15) is 0 Å². The number of nitriles is 1. The van der Waals surface area contributed by atoms with E-state index >= 15 is 0 Å². The molecule has 7 heteroatoms. The zero-order valence-electron chi connectivity index (χ0n) is 10.6. The lowest BCUT2D eigenvalue weighted by molar-refractivity contribution is -0.144. The summed E-state index contributed by atoms with van der Waals surface area (Å²) in [5.41, 5.74) is 0. The Labute approximate surface area is 101 Å². The van der Waals surface area contributed by atoms with E-state index in [1.807, 2.05) is 0 Å². The second-order valence-electron chi connectivity index (χ2n) is 3.24. The highest BCUT2D eigenvalue weighted by molar-refractivity contribution is 7.57. The fourth-order valence-corrected chi connectivity index (χ4v) is 2.81. The summed E-state index contributed by atoms with van der Waals surface area (Å²) >= 11 is 0. The minimum atomic E-state index is -3.86. The van der Waals surface area contributed by atoms with Crippen molar-refractivity contribution in [2.75, 3.05) is 19.8 Å². The summed E-state index contributed by atoms with van der Waals surface area (Å²) in [4.78, 5) is 11.7. The number of nitrogens with zero attached hydrogens (tertiary/aromatic N) is 1. The average Bonchev–Trinajstić information content (AvgIpc) is 2.28. The van der Waals surface area contributed by atoms with E-state index in [0.717, 1.165) is 0 Å². The Balaban J connectivity index is 5.36. The standard InChI is InChI=1S/C10H18NO5P/c1-5-14-9(12)10(4,8-11)17(13,15-6-2)16-7-3/h5-7H2,1-4H3. The van der Waals surface area contributed by atoms with E-state index in [1.165, 1.54) is 6.92 Å². The van der Waals surface area contributed by atoms with Crippen molar-refractivity contribution in [2.24, 2.45) is 0 Å². The van der Waals surface area contributed by atoms with Gasteiger partial charge in [0.05, 0.1) is 25.9 Å². The van der Waals surface area contributed by atoms with Crippen LogP contribution in [0, 0.1) is 11.3 Å². The van der Waals surface area contributed by atoms with Gasteiger partial charge in [-0.2, -0.15) is 5.26 Å². The Morgan fingerprint density at radius 2 is 1.71 bits per heavy atom. The number of rotatable bonds is 7. The monoisotopic (exact) mass is 263 g/mol. The summed E-state index contributed by atoms with van der Waals surface area (Å²) in [6.45, 7) is 6.26. The van der Waals surface area contributed by atoms with Gasteiger partial charge >= 0.3 is 13.6 Å². The molecule has 0 radical (unpaired) electrons. The Kier molecular flexibility index (Phi) is 6.40. The summed E-state index contributed by atoms with van der Waals surface area (Å²) in [6, 6.07) is 1.69. The topological polar surface area (TPSA) is 85.6 Å². The van der Waals surface area contributed by atoms with Crippen molar-refractivity contribution in [3.8, 4) is 6.07 Å². The molecule has 0 aromatic rings. The molecule has 0 fully saturated rings. The molecule has 0 spiro atoms. The van der Waals surface area contributed by atoms with Gasteiger partial charge in [-0.25, -0.2) is 4.79 Å². The first-order valence-electron chi connectivity index (χ1n) is 5.39. The molecule has 1 unspecified atom stereocenters. The van der Waals surface area contributed by atoms with Gasteiger partial charge < -0.3 is 13.8 Å². The lowest BCUT2D eigenvalue weighted by Gasteiger charge is -2.27. The fourth-order valence-electron chi connectivity index (χ4n) is 1.13. The van der Waals surface area contributed by atoms with Crippen LogP contribution < -0.4 is 0 Å². The molecule has 0 saturated heterocycles. The van der Waals surface area contributed by atoms with Crippen LogP contribution in [0.4, 0.5) is 0 Å². The quantitative estimate of drug-likeness (QED) is 0.516. The van der Waals surface area contributed by atoms with Gasteiger partial charge in [-0.3, -0.25) is 4.57 Å². The smallest absolute Gasteiger partial charge is 0.361 e. The molecule has 0 heterocycles.